The van der Waals surface area contributed by atoms with E-state index in [0.717, 1.165) is 6.07 Å². The second-order valence-electron chi connectivity index (χ2n) is 8.34. The van der Waals surface area contributed by atoms with Crippen LogP contribution < -0.4 is 5.73 Å². The van der Waals surface area contributed by atoms with Crippen molar-refractivity contribution in [3.63, 3.8) is 0 Å². The molecular weight excluding hydrogens is 455 g/mol. The lowest BCUT2D eigenvalue weighted by molar-refractivity contribution is -0.138. The number of rotatable bonds is 4. The van der Waals surface area contributed by atoms with Gasteiger partial charge in [-0.15, -0.1) is 0 Å². The van der Waals surface area contributed by atoms with E-state index in [0.29, 0.717) is 47.4 Å². The van der Waals surface area contributed by atoms with Gasteiger partial charge in [0.05, 0.1) is 16.6 Å². The molecule has 5 nitrogen and oxygen atoms in total. The smallest absolute Gasteiger partial charge is 0.368 e. The van der Waals surface area contributed by atoms with E-state index in [1.807, 2.05) is 0 Å². The van der Waals surface area contributed by atoms with E-state index in [4.69, 9.17) is 17.3 Å². The minimum atomic E-state index is -4.41. The van der Waals surface area contributed by atoms with Crippen LogP contribution in [-0.2, 0) is 11.0 Å². The van der Waals surface area contributed by atoms with Crippen LogP contribution in [0.4, 0.5) is 13.2 Å². The standard InChI is InChI=1S/C24H23ClF3N3O2/c1-14(22(29)32)31-13-19(18-7-6-16(25)12-21(18)31)23(33)30-10-8-15(9-11-30)17-4-2-3-5-20(17)24(26,27)28/h2-7,12-15H,8-11H2,1H3,(H2,29,32). The Balaban J connectivity index is 1.59. The number of hydrogen-bond donors (Lipinski definition) is 1. The van der Waals surface area contributed by atoms with Gasteiger partial charge >= 0.3 is 6.18 Å². The Morgan fingerprint density at radius 1 is 1.12 bits per heavy atom. The number of halogens is 4. The quantitative estimate of drug-likeness (QED) is 0.548. The number of fused-ring (bicyclic) bond motifs is 1. The third kappa shape index (κ3) is 4.44. The van der Waals surface area contributed by atoms with Crippen molar-refractivity contribution in [2.24, 2.45) is 5.73 Å². The maximum Gasteiger partial charge on any atom is 0.416 e. The van der Waals surface area contributed by atoms with Crippen molar-refractivity contribution in [1.29, 1.82) is 0 Å². The Kier molecular flexibility index (Phi) is 6.14. The number of hydrogen-bond acceptors (Lipinski definition) is 2. The first kappa shape index (κ1) is 23.2. The molecule has 1 atom stereocenters. The zero-order valence-corrected chi connectivity index (χ0v) is 18.7. The fourth-order valence-corrected chi connectivity index (χ4v) is 4.69. The summed E-state index contributed by atoms with van der Waals surface area (Å²) < 4.78 is 41.9. The fraction of sp³-hybridized carbons (Fsp3) is 0.333. The van der Waals surface area contributed by atoms with E-state index in [1.54, 1.807) is 46.9 Å². The molecule has 0 spiro atoms. The Labute approximate surface area is 193 Å². The monoisotopic (exact) mass is 477 g/mol. The molecule has 0 bridgehead atoms. The lowest BCUT2D eigenvalue weighted by atomic mass is 9.86. The van der Waals surface area contributed by atoms with Crippen LogP contribution in [0, 0.1) is 0 Å². The van der Waals surface area contributed by atoms with E-state index in [9.17, 15) is 22.8 Å². The molecule has 1 saturated heterocycles. The highest BCUT2D eigenvalue weighted by atomic mass is 35.5. The topological polar surface area (TPSA) is 68.3 Å². The summed E-state index contributed by atoms with van der Waals surface area (Å²) in [7, 11) is 0. The number of likely N-dealkylation sites (tertiary alicyclic amines) is 1. The number of alkyl halides is 3. The van der Waals surface area contributed by atoms with Crippen LogP contribution >= 0.6 is 11.6 Å². The number of primary amides is 1. The van der Waals surface area contributed by atoms with Gasteiger partial charge in [-0.2, -0.15) is 13.2 Å². The van der Waals surface area contributed by atoms with E-state index in [1.165, 1.54) is 12.1 Å². The Morgan fingerprint density at radius 2 is 1.79 bits per heavy atom. The second-order valence-corrected chi connectivity index (χ2v) is 8.78. The first-order chi connectivity index (χ1) is 15.6. The summed E-state index contributed by atoms with van der Waals surface area (Å²) in [6, 6.07) is 10.0. The van der Waals surface area contributed by atoms with Gasteiger partial charge in [-0.1, -0.05) is 35.9 Å². The number of nitrogens with zero attached hydrogens (tertiary/aromatic N) is 2. The number of aromatic nitrogens is 1. The van der Waals surface area contributed by atoms with E-state index in [-0.39, 0.29) is 17.4 Å². The fourth-order valence-electron chi connectivity index (χ4n) is 4.53. The SMILES string of the molecule is CC(C(N)=O)n1cc(C(=O)N2CCC(c3ccccc3C(F)(F)F)CC2)c2ccc(Cl)cc21. The van der Waals surface area contributed by atoms with Crippen LogP contribution in [0.1, 0.15) is 53.2 Å². The summed E-state index contributed by atoms with van der Waals surface area (Å²) in [5.41, 5.74) is 6.15. The molecule has 1 fully saturated rings. The number of nitrogens with two attached hydrogens (primary N) is 1. The van der Waals surface area contributed by atoms with Crippen LogP contribution in [0.3, 0.4) is 0 Å². The molecule has 4 rings (SSSR count). The van der Waals surface area contributed by atoms with Crippen LogP contribution in [0.5, 0.6) is 0 Å². The summed E-state index contributed by atoms with van der Waals surface area (Å²) in [5.74, 6) is -1.06. The molecule has 33 heavy (non-hydrogen) atoms. The minimum Gasteiger partial charge on any atom is -0.368 e. The molecule has 2 N–H and O–H groups in total. The predicted octanol–water partition coefficient (Wildman–Crippen LogP) is 5.38. The van der Waals surface area contributed by atoms with Crippen LogP contribution in [-0.4, -0.2) is 34.4 Å². The van der Waals surface area contributed by atoms with Gasteiger partial charge in [0.25, 0.3) is 5.91 Å². The summed E-state index contributed by atoms with van der Waals surface area (Å²) in [5, 5.41) is 1.10. The van der Waals surface area contributed by atoms with E-state index in [2.05, 4.69) is 0 Å². The number of amides is 2. The van der Waals surface area contributed by atoms with E-state index < -0.39 is 23.7 Å². The van der Waals surface area contributed by atoms with Gasteiger partial charge in [0.2, 0.25) is 5.91 Å². The molecule has 1 aliphatic rings. The number of carbonyl (C=O) groups is 2. The molecule has 2 heterocycles. The number of benzene rings is 2. The van der Waals surface area contributed by atoms with Crippen molar-refractivity contribution < 1.29 is 22.8 Å². The lowest BCUT2D eigenvalue weighted by Gasteiger charge is -2.33. The molecule has 2 aromatic carbocycles. The van der Waals surface area contributed by atoms with Gasteiger partial charge in [-0.05, 0) is 49.4 Å². The van der Waals surface area contributed by atoms with Gasteiger partial charge in [0.15, 0.2) is 0 Å². The molecule has 1 aliphatic heterocycles. The van der Waals surface area contributed by atoms with Crippen LogP contribution in [0.25, 0.3) is 10.9 Å². The third-order valence-corrected chi connectivity index (χ3v) is 6.58. The largest absolute Gasteiger partial charge is 0.416 e. The number of carbonyl (C=O) groups excluding carboxylic acids is 2. The molecule has 2 amide bonds. The van der Waals surface area contributed by atoms with Gasteiger partial charge in [0.1, 0.15) is 6.04 Å². The molecule has 0 aliphatic carbocycles. The average molecular weight is 478 g/mol. The van der Waals surface area contributed by atoms with Crippen LogP contribution in [0.2, 0.25) is 5.02 Å². The number of piperidine rings is 1. The molecule has 1 aromatic heterocycles. The first-order valence-electron chi connectivity index (χ1n) is 10.6. The van der Waals surface area contributed by atoms with Gasteiger partial charge in [-0.25, -0.2) is 0 Å². The summed E-state index contributed by atoms with van der Waals surface area (Å²) in [4.78, 5) is 26.8. The minimum absolute atomic E-state index is 0.236. The van der Waals surface area contributed by atoms with Crippen LogP contribution in [0.15, 0.2) is 48.7 Å². The molecule has 3 aromatic rings. The maximum atomic E-state index is 13.4. The predicted molar refractivity (Wildman–Crippen MR) is 120 cm³/mol. The van der Waals surface area contributed by atoms with Crippen molar-refractivity contribution >= 4 is 34.3 Å². The van der Waals surface area contributed by atoms with Crippen molar-refractivity contribution in [3.8, 4) is 0 Å². The molecular formula is C24H23ClF3N3O2. The summed E-state index contributed by atoms with van der Waals surface area (Å²) in [6.45, 7) is 2.31. The lowest BCUT2D eigenvalue weighted by Crippen LogP contribution is -2.38. The highest BCUT2D eigenvalue weighted by molar-refractivity contribution is 6.31. The molecule has 0 saturated carbocycles. The van der Waals surface area contributed by atoms with Gasteiger partial charge < -0.3 is 15.2 Å². The van der Waals surface area contributed by atoms with Gasteiger partial charge in [0, 0.05) is 29.7 Å². The van der Waals surface area contributed by atoms with Crippen molar-refractivity contribution in [2.45, 2.75) is 37.9 Å². The molecule has 9 heteroatoms. The molecule has 0 radical (unpaired) electrons. The van der Waals surface area contributed by atoms with E-state index >= 15 is 0 Å². The summed E-state index contributed by atoms with van der Waals surface area (Å²) >= 11 is 6.13. The molecule has 174 valence electrons. The highest BCUT2D eigenvalue weighted by Gasteiger charge is 2.36. The van der Waals surface area contributed by atoms with Crippen molar-refractivity contribution in [3.05, 3.63) is 70.4 Å². The van der Waals surface area contributed by atoms with Crippen molar-refractivity contribution in [1.82, 2.24) is 9.47 Å². The average Bonchev–Trinajstić information content (AvgIpc) is 3.16. The van der Waals surface area contributed by atoms with Crippen molar-refractivity contribution in [2.75, 3.05) is 13.1 Å². The van der Waals surface area contributed by atoms with Gasteiger partial charge in [-0.3, -0.25) is 9.59 Å². The first-order valence-corrected chi connectivity index (χ1v) is 11.0. The highest BCUT2D eigenvalue weighted by Crippen LogP contribution is 2.39. The Morgan fingerprint density at radius 3 is 2.42 bits per heavy atom. The maximum absolute atomic E-state index is 13.4. The summed E-state index contributed by atoms with van der Waals surface area (Å²) in [6.07, 6.45) is -1.95. The Hall–Kier alpha value is -3.00. The third-order valence-electron chi connectivity index (χ3n) is 6.34. The normalized spacial score (nSPS) is 16.2. The second kappa shape index (κ2) is 8.74. The zero-order valence-electron chi connectivity index (χ0n) is 17.9. The zero-order chi connectivity index (χ0) is 23.9. The Bertz CT molecular complexity index is 1210. The molecule has 1 unspecified atom stereocenters.